The lowest BCUT2D eigenvalue weighted by molar-refractivity contribution is -0.159. The Morgan fingerprint density at radius 2 is 1.86 bits per heavy atom. The number of benzene rings is 1. The minimum Gasteiger partial charge on any atom is -0.468 e. The van der Waals surface area contributed by atoms with Crippen LogP contribution in [0.5, 0.6) is 0 Å². The van der Waals surface area contributed by atoms with Crippen LogP contribution >= 0.6 is 0 Å². The summed E-state index contributed by atoms with van der Waals surface area (Å²) in [6, 6.07) is 7.38. The van der Waals surface area contributed by atoms with Crippen molar-refractivity contribution in [2.45, 2.75) is 69.3 Å². The third-order valence-corrected chi connectivity index (χ3v) is 8.20. The molecule has 2 N–H and O–H groups in total. The Bertz CT molecular complexity index is 1520. The zero-order valence-corrected chi connectivity index (χ0v) is 23.6. The van der Waals surface area contributed by atoms with Gasteiger partial charge in [0.25, 0.3) is 0 Å². The summed E-state index contributed by atoms with van der Waals surface area (Å²) < 4.78 is 79.6. The van der Waals surface area contributed by atoms with Crippen molar-refractivity contribution < 1.29 is 45.8 Å². The molecular formula is C29H30F5N5O5. The number of hydrogen-bond donors (Lipinski definition) is 2. The Kier molecular flexibility index (Phi) is 8.49. The third kappa shape index (κ3) is 6.60. The van der Waals surface area contributed by atoms with Crippen molar-refractivity contribution in [3.05, 3.63) is 65.6 Å². The van der Waals surface area contributed by atoms with Crippen LogP contribution in [0.3, 0.4) is 0 Å². The van der Waals surface area contributed by atoms with Gasteiger partial charge in [0.2, 0.25) is 11.8 Å². The second-order valence-electron chi connectivity index (χ2n) is 11.2. The first-order valence-electron chi connectivity index (χ1n) is 13.9. The highest BCUT2D eigenvalue weighted by Gasteiger charge is 2.60. The molecule has 1 unspecified atom stereocenters. The number of methoxy groups -OCH3 is 1. The van der Waals surface area contributed by atoms with Crippen LogP contribution in [-0.2, 0) is 32.1 Å². The molecule has 0 spiro atoms. The zero-order chi connectivity index (χ0) is 31.7. The van der Waals surface area contributed by atoms with E-state index < -0.39 is 66.3 Å². The molecule has 3 aromatic rings. The number of fused-ring (bicyclic) bond motifs is 1. The smallest absolute Gasteiger partial charge is 0.408 e. The van der Waals surface area contributed by atoms with E-state index in [1.165, 1.54) is 23.0 Å². The van der Waals surface area contributed by atoms with Crippen molar-refractivity contribution in [3.63, 3.8) is 0 Å². The number of alkyl carbamates (subject to hydrolysis) is 1. The average molecular weight is 624 g/mol. The van der Waals surface area contributed by atoms with Crippen LogP contribution in [0.1, 0.15) is 55.0 Å². The molecular weight excluding hydrogens is 593 g/mol. The number of imidazole rings is 1. The van der Waals surface area contributed by atoms with Crippen molar-refractivity contribution in [1.82, 2.24) is 25.2 Å². The van der Waals surface area contributed by atoms with Gasteiger partial charge in [-0.2, -0.15) is 18.3 Å². The van der Waals surface area contributed by atoms with E-state index in [-0.39, 0.29) is 43.5 Å². The first kappa shape index (κ1) is 31.1. The van der Waals surface area contributed by atoms with Crippen molar-refractivity contribution in [1.29, 1.82) is 0 Å². The van der Waals surface area contributed by atoms with Crippen molar-refractivity contribution >= 4 is 23.6 Å². The van der Waals surface area contributed by atoms with E-state index in [9.17, 15) is 36.3 Å². The maximum absolute atomic E-state index is 14.0. The van der Waals surface area contributed by atoms with Crippen molar-refractivity contribution in [3.8, 4) is 0 Å². The minimum atomic E-state index is -4.76. The monoisotopic (exact) mass is 623 g/mol. The lowest BCUT2D eigenvalue weighted by Crippen LogP contribution is -2.42. The molecule has 1 aliphatic carbocycles. The van der Waals surface area contributed by atoms with E-state index in [1.54, 1.807) is 24.3 Å². The summed E-state index contributed by atoms with van der Waals surface area (Å²) in [5.41, 5.74) is -0.635. The molecule has 5 rings (SSSR count). The van der Waals surface area contributed by atoms with Gasteiger partial charge in [0.1, 0.15) is 12.6 Å². The number of carbonyl (C=O) groups excluding carboxylic acids is 3. The summed E-state index contributed by atoms with van der Waals surface area (Å²) in [6.07, 6.45) is -4.53. The van der Waals surface area contributed by atoms with E-state index >= 15 is 0 Å². The molecule has 1 saturated heterocycles. The van der Waals surface area contributed by atoms with Gasteiger partial charge in [0.05, 0.1) is 31.2 Å². The fraction of sp³-hybridized carbons (Fsp3) is 0.483. The van der Waals surface area contributed by atoms with Crippen molar-refractivity contribution in [2.75, 3.05) is 7.11 Å². The fourth-order valence-corrected chi connectivity index (χ4v) is 5.83. The Hall–Kier alpha value is -4.30. The van der Waals surface area contributed by atoms with E-state index in [4.69, 9.17) is 9.47 Å². The Balaban J connectivity index is 1.40. The van der Waals surface area contributed by atoms with E-state index in [0.29, 0.717) is 5.69 Å². The Labute approximate surface area is 248 Å². The van der Waals surface area contributed by atoms with Crippen LogP contribution < -0.4 is 10.6 Å². The highest BCUT2D eigenvalue weighted by molar-refractivity contribution is 6.04. The molecule has 2 aromatic heterocycles. The maximum atomic E-state index is 14.0. The topological polar surface area (TPSA) is 124 Å². The number of ether oxygens (including phenoxy) is 2. The summed E-state index contributed by atoms with van der Waals surface area (Å²) in [6.45, 7) is -0.0110. The van der Waals surface area contributed by atoms with E-state index in [0.717, 1.165) is 12.7 Å². The van der Waals surface area contributed by atoms with Gasteiger partial charge in [-0.25, -0.2) is 23.1 Å². The first-order chi connectivity index (χ1) is 20.8. The van der Waals surface area contributed by atoms with Gasteiger partial charge >= 0.3 is 18.2 Å². The normalized spacial score (nSPS) is 22.8. The molecule has 10 nitrogen and oxygen atoms in total. The average Bonchev–Trinajstić information content (AvgIpc) is 3.56. The molecule has 2 fully saturated rings. The number of rotatable bonds is 8. The summed E-state index contributed by atoms with van der Waals surface area (Å²) in [4.78, 5) is 42.7. The Morgan fingerprint density at radius 1 is 1.16 bits per heavy atom. The number of amides is 2. The highest BCUT2D eigenvalue weighted by atomic mass is 19.4. The molecule has 15 heteroatoms. The molecule has 0 radical (unpaired) electrons. The van der Waals surface area contributed by atoms with Crippen LogP contribution in [-0.4, -0.2) is 57.8 Å². The van der Waals surface area contributed by atoms with Crippen LogP contribution in [0, 0.1) is 11.3 Å². The number of carbonyl (C=O) groups is 3. The molecule has 2 aliphatic rings. The second kappa shape index (κ2) is 12.0. The number of nitrogens with one attached hydrogen (secondary N) is 2. The number of aromatic nitrogens is 3. The largest absolute Gasteiger partial charge is 0.468 e. The molecule has 236 valence electrons. The Morgan fingerprint density at radius 3 is 2.50 bits per heavy atom. The van der Waals surface area contributed by atoms with Gasteiger partial charge < -0.3 is 20.1 Å². The summed E-state index contributed by atoms with van der Waals surface area (Å²) >= 11 is 0. The van der Waals surface area contributed by atoms with E-state index in [1.807, 2.05) is 11.4 Å². The molecule has 2 amide bonds. The number of esters is 1. The lowest BCUT2D eigenvalue weighted by atomic mass is 9.79. The van der Waals surface area contributed by atoms with Gasteiger partial charge in [-0.3, -0.25) is 9.59 Å². The molecule has 1 aliphatic heterocycles. The minimum absolute atomic E-state index is 0.0110. The predicted molar refractivity (Wildman–Crippen MR) is 143 cm³/mol. The SMILES string of the molecule is COC(=O)C1(Cc2cnn3cc([C@@H](NC(=O)OCc4ccccc4)C4CCC(F)(F)CC4)nc3c2)C[C@@H](C(F)(F)F)NC1=O. The standard InChI is InChI=1S/C29H30F5N5O5/c1-43-25(41)27(13-21(29(32,33)34)37-24(27)40)12-18-11-22-36-20(15-39(22)35-14-18)23(19-7-9-28(30,31)10-8-19)38-26(42)44-16-17-5-3-2-4-6-17/h2-6,11,14-15,19,21,23H,7-10,12-13,16H2,1H3,(H,37,40)(H,38,42)/t21-,23-,27?/m0/s1. The third-order valence-electron chi connectivity index (χ3n) is 8.20. The number of hydrogen-bond acceptors (Lipinski definition) is 7. The second-order valence-corrected chi connectivity index (χ2v) is 11.2. The molecule has 0 bridgehead atoms. The first-order valence-corrected chi connectivity index (χ1v) is 13.9. The van der Waals surface area contributed by atoms with E-state index in [2.05, 4.69) is 15.4 Å². The summed E-state index contributed by atoms with van der Waals surface area (Å²) in [5, 5.41) is 8.85. The van der Waals surface area contributed by atoms with Gasteiger partial charge in [-0.1, -0.05) is 30.3 Å². The van der Waals surface area contributed by atoms with Gasteiger partial charge in [0, 0.05) is 19.3 Å². The van der Waals surface area contributed by atoms with Gasteiger partial charge in [-0.05, 0) is 42.4 Å². The predicted octanol–water partition coefficient (Wildman–Crippen LogP) is 4.68. The van der Waals surface area contributed by atoms with Crippen LogP contribution in [0.15, 0.2) is 48.8 Å². The zero-order valence-electron chi connectivity index (χ0n) is 23.6. The van der Waals surface area contributed by atoms with Crippen LogP contribution in [0.2, 0.25) is 0 Å². The van der Waals surface area contributed by atoms with Crippen molar-refractivity contribution in [2.24, 2.45) is 11.3 Å². The summed E-state index contributed by atoms with van der Waals surface area (Å²) in [7, 11) is 0.986. The maximum Gasteiger partial charge on any atom is 0.408 e. The molecule has 3 heterocycles. The number of alkyl halides is 5. The fourth-order valence-electron chi connectivity index (χ4n) is 5.83. The molecule has 1 aromatic carbocycles. The quantitative estimate of drug-likeness (QED) is 0.212. The van der Waals surface area contributed by atoms with Gasteiger partial charge in [0.15, 0.2) is 11.1 Å². The molecule has 44 heavy (non-hydrogen) atoms. The number of halogens is 5. The van der Waals surface area contributed by atoms with Crippen LogP contribution in [0.25, 0.3) is 5.65 Å². The summed E-state index contributed by atoms with van der Waals surface area (Å²) in [5.74, 6) is -5.43. The van der Waals surface area contributed by atoms with Crippen LogP contribution in [0.4, 0.5) is 26.7 Å². The number of nitrogens with zero attached hydrogens (tertiary/aromatic N) is 3. The highest BCUT2D eigenvalue weighted by Crippen LogP contribution is 2.42. The van der Waals surface area contributed by atoms with Gasteiger partial charge in [-0.15, -0.1) is 0 Å². The molecule has 3 atom stereocenters. The lowest BCUT2D eigenvalue weighted by Gasteiger charge is -2.33. The molecule has 1 saturated carbocycles.